The van der Waals surface area contributed by atoms with E-state index in [0.29, 0.717) is 11.4 Å². The van der Waals surface area contributed by atoms with E-state index in [-0.39, 0.29) is 12.4 Å². The topological polar surface area (TPSA) is 65.2 Å². The maximum absolute atomic E-state index is 10.8. The van der Waals surface area contributed by atoms with Gasteiger partial charge < -0.3 is 10.5 Å². The van der Waals surface area contributed by atoms with Crippen LogP contribution in [0.1, 0.15) is 17.7 Å². The van der Waals surface area contributed by atoms with Gasteiger partial charge in [-0.05, 0) is 24.6 Å². The monoisotopic (exact) mass is 206 g/mol. The number of aromatic nitrogens is 1. The highest BCUT2D eigenvalue weighted by Crippen LogP contribution is 2.12. The Hall–Kier alpha value is -1.84. The number of rotatable bonds is 3. The smallest absolute Gasteiger partial charge is 0.309 e. The van der Waals surface area contributed by atoms with Gasteiger partial charge in [0, 0.05) is 6.20 Å². The summed E-state index contributed by atoms with van der Waals surface area (Å²) in [6.07, 6.45) is 5.35. The highest BCUT2D eigenvalue weighted by Gasteiger charge is 1.98. The summed E-state index contributed by atoms with van der Waals surface area (Å²) >= 11 is 0. The van der Waals surface area contributed by atoms with E-state index in [1.807, 2.05) is 13.0 Å². The molecule has 80 valence electrons. The zero-order valence-corrected chi connectivity index (χ0v) is 8.86. The summed E-state index contributed by atoms with van der Waals surface area (Å²) in [5, 5.41) is 0. The number of esters is 1. The Bertz CT molecular complexity index is 386. The van der Waals surface area contributed by atoms with Crippen LogP contribution in [0.2, 0.25) is 0 Å². The normalized spacial score (nSPS) is 10.5. The van der Waals surface area contributed by atoms with Gasteiger partial charge in [-0.2, -0.15) is 0 Å². The first-order valence-electron chi connectivity index (χ1n) is 4.59. The van der Waals surface area contributed by atoms with Crippen LogP contribution in [-0.2, 0) is 9.53 Å². The molecule has 4 nitrogen and oxygen atoms in total. The summed E-state index contributed by atoms with van der Waals surface area (Å²) in [7, 11) is 1.36. The summed E-state index contributed by atoms with van der Waals surface area (Å²) in [5.74, 6) is -0.281. The quantitative estimate of drug-likeness (QED) is 0.762. The molecule has 1 aromatic rings. The van der Waals surface area contributed by atoms with E-state index in [1.165, 1.54) is 7.11 Å². The Balaban J connectivity index is 2.68. The number of nitrogens with two attached hydrogens (primary N) is 1. The highest BCUT2D eigenvalue weighted by atomic mass is 16.5. The Morgan fingerprint density at radius 3 is 3.00 bits per heavy atom. The van der Waals surface area contributed by atoms with Crippen molar-refractivity contribution < 1.29 is 9.53 Å². The van der Waals surface area contributed by atoms with Crippen molar-refractivity contribution in [1.29, 1.82) is 0 Å². The van der Waals surface area contributed by atoms with E-state index in [0.717, 1.165) is 5.56 Å². The summed E-state index contributed by atoms with van der Waals surface area (Å²) in [4.78, 5) is 15.0. The second kappa shape index (κ2) is 5.14. The van der Waals surface area contributed by atoms with Crippen LogP contribution in [0.15, 0.2) is 18.3 Å². The number of nitrogen functional groups attached to an aromatic ring is 1. The number of anilines is 1. The van der Waals surface area contributed by atoms with Crippen molar-refractivity contribution in [3.63, 3.8) is 0 Å². The first-order valence-corrected chi connectivity index (χ1v) is 4.59. The standard InChI is InChI=1S/C11H14N2O2/c1-8-6-9(12)10(13-7-8)4-3-5-11(14)15-2/h3-4,6-7H,5,12H2,1-2H3. The number of carbonyl (C=O) groups excluding carboxylic acids is 1. The molecule has 0 atom stereocenters. The van der Waals surface area contributed by atoms with Crippen molar-refractivity contribution >= 4 is 17.7 Å². The number of methoxy groups -OCH3 is 1. The number of carbonyl (C=O) groups is 1. The fourth-order valence-corrected chi connectivity index (χ4v) is 1.09. The van der Waals surface area contributed by atoms with Crippen LogP contribution < -0.4 is 5.73 Å². The number of ether oxygens (including phenoxy) is 1. The second-order valence-corrected chi connectivity index (χ2v) is 3.17. The van der Waals surface area contributed by atoms with Gasteiger partial charge in [-0.15, -0.1) is 0 Å². The van der Waals surface area contributed by atoms with E-state index in [9.17, 15) is 4.79 Å². The van der Waals surface area contributed by atoms with Crippen molar-refractivity contribution in [2.75, 3.05) is 12.8 Å². The fraction of sp³-hybridized carbons (Fsp3) is 0.273. The first-order chi connectivity index (χ1) is 7.13. The lowest BCUT2D eigenvalue weighted by atomic mass is 10.2. The van der Waals surface area contributed by atoms with Crippen LogP contribution in [0.25, 0.3) is 6.08 Å². The number of pyridine rings is 1. The summed E-state index contributed by atoms with van der Waals surface area (Å²) in [6, 6.07) is 1.84. The zero-order valence-electron chi connectivity index (χ0n) is 8.86. The van der Waals surface area contributed by atoms with Gasteiger partial charge in [0.15, 0.2) is 0 Å². The summed E-state index contributed by atoms with van der Waals surface area (Å²) < 4.78 is 4.50. The molecule has 0 amide bonds. The molecule has 0 radical (unpaired) electrons. The van der Waals surface area contributed by atoms with E-state index < -0.39 is 0 Å². The lowest BCUT2D eigenvalue weighted by Gasteiger charge is -2.00. The van der Waals surface area contributed by atoms with Crippen LogP contribution in [-0.4, -0.2) is 18.1 Å². The third-order valence-corrected chi connectivity index (χ3v) is 1.87. The van der Waals surface area contributed by atoms with Gasteiger partial charge in [0.1, 0.15) is 0 Å². The molecular weight excluding hydrogens is 192 g/mol. The van der Waals surface area contributed by atoms with E-state index >= 15 is 0 Å². The summed E-state index contributed by atoms with van der Waals surface area (Å²) in [5.41, 5.74) is 8.03. The molecule has 0 aliphatic heterocycles. The van der Waals surface area contributed by atoms with E-state index in [4.69, 9.17) is 5.73 Å². The van der Waals surface area contributed by atoms with Crippen molar-refractivity contribution in [2.24, 2.45) is 0 Å². The van der Waals surface area contributed by atoms with Crippen molar-refractivity contribution in [1.82, 2.24) is 4.98 Å². The third-order valence-electron chi connectivity index (χ3n) is 1.87. The SMILES string of the molecule is COC(=O)CC=Cc1ncc(C)cc1N. The number of nitrogens with zero attached hydrogens (tertiary/aromatic N) is 1. The number of aryl methyl sites for hydroxylation is 1. The molecule has 0 saturated heterocycles. The average Bonchev–Trinajstić information content (AvgIpc) is 2.21. The van der Waals surface area contributed by atoms with Gasteiger partial charge in [-0.3, -0.25) is 9.78 Å². The predicted octanol–water partition coefficient (Wildman–Crippen LogP) is 1.55. The lowest BCUT2D eigenvalue weighted by molar-refractivity contribution is -0.139. The van der Waals surface area contributed by atoms with Crippen LogP contribution >= 0.6 is 0 Å². The Morgan fingerprint density at radius 1 is 1.67 bits per heavy atom. The van der Waals surface area contributed by atoms with Gasteiger partial charge in [-0.25, -0.2) is 0 Å². The van der Waals surface area contributed by atoms with Crippen molar-refractivity contribution in [3.8, 4) is 0 Å². The molecule has 0 fully saturated rings. The fourth-order valence-electron chi connectivity index (χ4n) is 1.09. The minimum absolute atomic E-state index is 0.228. The second-order valence-electron chi connectivity index (χ2n) is 3.17. The molecule has 0 spiro atoms. The largest absolute Gasteiger partial charge is 0.469 e. The molecule has 1 rings (SSSR count). The average molecular weight is 206 g/mol. The molecular formula is C11H14N2O2. The van der Waals surface area contributed by atoms with Crippen molar-refractivity contribution in [2.45, 2.75) is 13.3 Å². The van der Waals surface area contributed by atoms with Gasteiger partial charge in [0.25, 0.3) is 0 Å². The van der Waals surface area contributed by atoms with Gasteiger partial charge in [-0.1, -0.05) is 6.08 Å². The highest BCUT2D eigenvalue weighted by molar-refractivity contribution is 5.73. The first kappa shape index (κ1) is 11.2. The Morgan fingerprint density at radius 2 is 2.40 bits per heavy atom. The van der Waals surface area contributed by atoms with E-state index in [2.05, 4.69) is 9.72 Å². The Kier molecular flexibility index (Phi) is 3.85. The molecule has 1 heterocycles. The minimum Gasteiger partial charge on any atom is -0.469 e. The van der Waals surface area contributed by atoms with Crippen LogP contribution in [0, 0.1) is 6.92 Å². The van der Waals surface area contributed by atoms with Gasteiger partial charge in [0.2, 0.25) is 0 Å². The van der Waals surface area contributed by atoms with Crippen LogP contribution in [0.3, 0.4) is 0 Å². The molecule has 4 heteroatoms. The zero-order chi connectivity index (χ0) is 11.3. The molecule has 0 aliphatic rings. The molecule has 0 unspecified atom stereocenters. The molecule has 1 aromatic heterocycles. The van der Waals surface area contributed by atoms with Gasteiger partial charge in [0.05, 0.1) is 24.9 Å². The molecule has 2 N–H and O–H groups in total. The Labute approximate surface area is 88.8 Å². The minimum atomic E-state index is -0.281. The van der Waals surface area contributed by atoms with Crippen LogP contribution in [0.5, 0.6) is 0 Å². The maximum Gasteiger partial charge on any atom is 0.309 e. The van der Waals surface area contributed by atoms with Crippen molar-refractivity contribution in [3.05, 3.63) is 29.6 Å². The predicted molar refractivity (Wildman–Crippen MR) is 59.1 cm³/mol. The molecule has 0 bridgehead atoms. The lowest BCUT2D eigenvalue weighted by Crippen LogP contribution is -1.97. The summed E-state index contributed by atoms with van der Waals surface area (Å²) in [6.45, 7) is 1.92. The van der Waals surface area contributed by atoms with Gasteiger partial charge >= 0.3 is 5.97 Å². The number of hydrogen-bond acceptors (Lipinski definition) is 4. The molecule has 15 heavy (non-hydrogen) atoms. The maximum atomic E-state index is 10.8. The molecule has 0 aromatic carbocycles. The third kappa shape index (κ3) is 3.42. The molecule has 0 aliphatic carbocycles. The van der Waals surface area contributed by atoms with Crippen LogP contribution in [0.4, 0.5) is 5.69 Å². The number of hydrogen-bond donors (Lipinski definition) is 1. The molecule has 0 saturated carbocycles. The van der Waals surface area contributed by atoms with E-state index in [1.54, 1.807) is 18.3 Å².